The number of carbonyl (C=O) groups is 4. The Morgan fingerprint density at radius 3 is 2.38 bits per heavy atom. The smallest absolute Gasteiger partial charge is 0.320 e. The summed E-state index contributed by atoms with van der Waals surface area (Å²) in [6.07, 6.45) is 5.46. The van der Waals surface area contributed by atoms with E-state index in [1.54, 1.807) is 22.7 Å². The van der Waals surface area contributed by atoms with Crippen molar-refractivity contribution in [3.05, 3.63) is 71.7 Å². The van der Waals surface area contributed by atoms with Crippen molar-refractivity contribution in [3.63, 3.8) is 0 Å². The molecule has 21 heteroatoms. The zero-order chi connectivity index (χ0) is 43.6. The minimum absolute atomic E-state index is 0.00423. The van der Waals surface area contributed by atoms with Crippen molar-refractivity contribution < 1.29 is 47.3 Å². The third-order valence-corrected chi connectivity index (χ3v) is 9.01. The van der Waals surface area contributed by atoms with E-state index < -0.39 is 41.5 Å². The standard InChI is InChI=1S/C39H51F2N11O8/c1-3-23-21-24(50-34-35-49-22-29(52(35)16-13-45-34)26-8-10-30(58-2)33(41)32(26)40)6-7-25(23)36(54)46-14-17-59-19-20-60-18-15-47-37(55)28(5-4-12-48-39(43)44)51-31(53)11-9-27(42)38(56)57/h6-8,10,13,16,21-22,27-28H,3-5,9,11-12,14-15,17-20,42H2,1-2H3,(H,45,50)(H,46,54)(H,47,55)(H,51,53)(H,56,57)(H4,43,44,48). The predicted octanol–water partition coefficient (Wildman–Crippen LogP) is 1.60. The van der Waals surface area contributed by atoms with Crippen molar-refractivity contribution in [3.8, 4) is 17.0 Å². The molecule has 0 bridgehead atoms. The number of fused-ring (bicyclic) bond motifs is 1. The number of halogens is 2. The number of aromatic nitrogens is 3. The average molecular weight is 840 g/mol. The highest BCUT2D eigenvalue weighted by molar-refractivity contribution is 5.96. The first-order valence-corrected chi connectivity index (χ1v) is 19.1. The summed E-state index contributed by atoms with van der Waals surface area (Å²) in [6, 6.07) is 5.90. The molecule has 2 heterocycles. The largest absolute Gasteiger partial charge is 0.494 e. The predicted molar refractivity (Wildman–Crippen MR) is 218 cm³/mol. The molecule has 0 saturated heterocycles. The number of carboxylic acid groups (broad SMARTS) is 1. The van der Waals surface area contributed by atoms with Gasteiger partial charge in [0, 0.05) is 55.3 Å². The Labute approximate surface area is 344 Å². The lowest BCUT2D eigenvalue weighted by atomic mass is 10.0. The summed E-state index contributed by atoms with van der Waals surface area (Å²) in [7, 11) is 1.26. The summed E-state index contributed by atoms with van der Waals surface area (Å²) < 4.78 is 46.9. The van der Waals surface area contributed by atoms with E-state index >= 15 is 0 Å². The summed E-state index contributed by atoms with van der Waals surface area (Å²) in [4.78, 5) is 61.8. The van der Waals surface area contributed by atoms with E-state index in [0.717, 1.165) is 5.56 Å². The fourth-order valence-electron chi connectivity index (χ4n) is 5.89. The molecule has 4 rings (SSSR count). The number of nitrogens with two attached hydrogens (primary N) is 3. The van der Waals surface area contributed by atoms with Crippen LogP contribution in [0.4, 0.5) is 20.3 Å². The van der Waals surface area contributed by atoms with Crippen LogP contribution in [0.1, 0.15) is 48.5 Å². The van der Waals surface area contributed by atoms with E-state index in [1.807, 2.05) is 13.0 Å². The number of anilines is 2. The number of aliphatic imine (C=N–C) groups is 1. The van der Waals surface area contributed by atoms with Crippen molar-refractivity contribution in [2.75, 3.05) is 58.5 Å². The molecule has 0 aliphatic heterocycles. The number of carboxylic acids is 1. The Hall–Kier alpha value is -6.45. The molecule has 60 heavy (non-hydrogen) atoms. The van der Waals surface area contributed by atoms with Crippen molar-refractivity contribution in [1.29, 1.82) is 0 Å². The number of amides is 3. The van der Waals surface area contributed by atoms with Crippen molar-refractivity contribution >= 4 is 46.8 Å². The number of ether oxygens (including phenoxy) is 3. The first-order chi connectivity index (χ1) is 28.8. The van der Waals surface area contributed by atoms with Crippen LogP contribution < -0.4 is 43.2 Å². The molecule has 0 aliphatic rings. The molecule has 0 saturated carbocycles. The van der Waals surface area contributed by atoms with Crippen LogP contribution in [0.2, 0.25) is 0 Å². The van der Waals surface area contributed by atoms with Crippen LogP contribution in [-0.4, -0.2) is 114 Å². The molecule has 3 amide bonds. The van der Waals surface area contributed by atoms with Gasteiger partial charge < -0.3 is 57.8 Å². The number of hydrogen-bond acceptors (Lipinski definition) is 12. The van der Waals surface area contributed by atoms with E-state index in [2.05, 4.69) is 36.2 Å². The molecule has 0 radical (unpaired) electrons. The van der Waals surface area contributed by atoms with E-state index in [4.69, 9.17) is 36.5 Å². The molecule has 2 atom stereocenters. The molecule has 0 spiro atoms. The molecule has 2 aromatic heterocycles. The lowest BCUT2D eigenvalue weighted by molar-refractivity contribution is -0.139. The molecule has 0 aliphatic carbocycles. The van der Waals surface area contributed by atoms with E-state index in [9.17, 15) is 28.0 Å². The third-order valence-electron chi connectivity index (χ3n) is 9.01. The van der Waals surface area contributed by atoms with Gasteiger partial charge in [-0.25, -0.2) is 14.4 Å². The van der Waals surface area contributed by atoms with Gasteiger partial charge in [0.2, 0.25) is 17.6 Å². The minimum atomic E-state index is -1.23. The maximum Gasteiger partial charge on any atom is 0.320 e. The number of imidazole rings is 1. The molecular formula is C39H51F2N11O8. The van der Waals surface area contributed by atoms with Crippen molar-refractivity contribution in [2.45, 2.75) is 51.1 Å². The number of benzene rings is 2. The Balaban J connectivity index is 1.18. The number of carbonyl (C=O) groups excluding carboxylic acids is 3. The molecule has 19 nitrogen and oxygen atoms in total. The number of hydrogen-bond donors (Lipinski definition) is 8. The van der Waals surface area contributed by atoms with Gasteiger partial charge in [-0.15, -0.1) is 0 Å². The Morgan fingerprint density at radius 1 is 0.967 bits per heavy atom. The minimum Gasteiger partial charge on any atom is -0.494 e. The lowest BCUT2D eigenvalue weighted by Gasteiger charge is -2.18. The van der Waals surface area contributed by atoms with Gasteiger partial charge >= 0.3 is 5.97 Å². The maximum atomic E-state index is 14.9. The Kier molecular flexibility index (Phi) is 17.9. The van der Waals surface area contributed by atoms with Crippen LogP contribution in [0.5, 0.6) is 5.75 Å². The van der Waals surface area contributed by atoms with Crippen LogP contribution in [-0.2, 0) is 30.3 Å². The van der Waals surface area contributed by atoms with Gasteiger partial charge in [-0.05, 0) is 61.6 Å². The summed E-state index contributed by atoms with van der Waals surface area (Å²) in [5.41, 5.74) is 18.7. The fourth-order valence-corrected chi connectivity index (χ4v) is 5.89. The van der Waals surface area contributed by atoms with Gasteiger partial charge in [0.25, 0.3) is 5.91 Å². The quantitative estimate of drug-likeness (QED) is 0.0268. The van der Waals surface area contributed by atoms with Gasteiger partial charge in [-0.3, -0.25) is 28.6 Å². The van der Waals surface area contributed by atoms with Gasteiger partial charge in [-0.2, -0.15) is 4.39 Å². The first kappa shape index (κ1) is 46.2. The monoisotopic (exact) mass is 839 g/mol. The topological polar surface area (TPSA) is 285 Å². The molecule has 4 aromatic rings. The Morgan fingerprint density at radius 2 is 1.70 bits per heavy atom. The maximum absolute atomic E-state index is 14.9. The second-order valence-corrected chi connectivity index (χ2v) is 13.2. The number of aliphatic carboxylic acids is 1. The van der Waals surface area contributed by atoms with E-state index in [0.29, 0.717) is 41.3 Å². The van der Waals surface area contributed by atoms with Crippen LogP contribution in [0, 0.1) is 11.6 Å². The lowest BCUT2D eigenvalue weighted by Crippen LogP contribution is -2.47. The molecule has 11 N–H and O–H groups in total. The first-order valence-electron chi connectivity index (χ1n) is 19.1. The summed E-state index contributed by atoms with van der Waals surface area (Å²) in [5.74, 6) is -4.58. The highest BCUT2D eigenvalue weighted by Gasteiger charge is 2.22. The van der Waals surface area contributed by atoms with Crippen LogP contribution >= 0.6 is 0 Å². The number of methoxy groups -OCH3 is 1. The van der Waals surface area contributed by atoms with Gasteiger partial charge in [-0.1, -0.05) is 6.92 Å². The molecule has 2 aromatic carbocycles. The van der Waals surface area contributed by atoms with E-state index in [-0.39, 0.29) is 88.5 Å². The van der Waals surface area contributed by atoms with E-state index in [1.165, 1.54) is 31.6 Å². The van der Waals surface area contributed by atoms with Gasteiger partial charge in [0.05, 0.1) is 45.4 Å². The van der Waals surface area contributed by atoms with Gasteiger partial charge in [0.1, 0.15) is 12.1 Å². The summed E-state index contributed by atoms with van der Waals surface area (Å²) in [6.45, 7) is 3.40. The van der Waals surface area contributed by atoms with Crippen molar-refractivity contribution in [1.82, 2.24) is 30.3 Å². The second-order valence-electron chi connectivity index (χ2n) is 13.2. The summed E-state index contributed by atoms with van der Waals surface area (Å²) in [5, 5.41) is 20.3. The fraction of sp³-hybridized carbons (Fsp3) is 0.410. The number of nitrogens with zero attached hydrogens (tertiary/aromatic N) is 4. The number of rotatable bonds is 25. The second kappa shape index (κ2) is 23.2. The third kappa shape index (κ3) is 13.3. The van der Waals surface area contributed by atoms with Gasteiger partial charge in [0.15, 0.2) is 29.0 Å². The SMILES string of the molecule is CCc1cc(Nc2nccn3c(-c4ccc(OC)c(F)c4F)cnc23)ccc1C(=O)NCCOCCOCCNC(=O)C(CCCN=C(N)N)NC(=O)CCC(N)C(=O)O. The zero-order valence-corrected chi connectivity index (χ0v) is 33.3. The normalized spacial score (nSPS) is 12.0. The molecule has 0 fully saturated rings. The molecule has 324 valence electrons. The highest BCUT2D eigenvalue weighted by Crippen LogP contribution is 2.31. The van der Waals surface area contributed by atoms with Crippen LogP contribution in [0.15, 0.2) is 53.9 Å². The Bertz CT molecular complexity index is 2130. The molecular weight excluding hydrogens is 788 g/mol. The number of nitrogens with one attached hydrogen (secondary N) is 4. The number of aryl methyl sites for hydroxylation is 1. The molecule has 2 unspecified atom stereocenters. The van der Waals surface area contributed by atoms with Crippen molar-refractivity contribution in [2.24, 2.45) is 22.2 Å². The zero-order valence-electron chi connectivity index (χ0n) is 33.3. The van der Waals surface area contributed by atoms with Crippen LogP contribution in [0.3, 0.4) is 0 Å². The summed E-state index contributed by atoms with van der Waals surface area (Å²) >= 11 is 0. The number of guanidine groups is 1. The van der Waals surface area contributed by atoms with Crippen LogP contribution in [0.25, 0.3) is 16.9 Å². The highest BCUT2D eigenvalue weighted by atomic mass is 19.2. The average Bonchev–Trinajstić information content (AvgIpc) is 3.67.